The van der Waals surface area contributed by atoms with E-state index >= 15 is 0 Å². The molecule has 35 heavy (non-hydrogen) atoms. The molecule has 192 valence electrons. The van der Waals surface area contributed by atoms with Crippen molar-refractivity contribution in [1.29, 1.82) is 0 Å². The van der Waals surface area contributed by atoms with E-state index in [1.54, 1.807) is 18.2 Å². The van der Waals surface area contributed by atoms with Gasteiger partial charge in [-0.25, -0.2) is 4.79 Å². The second-order valence-corrected chi connectivity index (χ2v) is 8.74. The van der Waals surface area contributed by atoms with Crippen molar-refractivity contribution < 1.29 is 33.7 Å². The zero-order valence-corrected chi connectivity index (χ0v) is 20.5. The molecular weight excluding hydrogens is 452 g/mol. The lowest BCUT2D eigenvalue weighted by Crippen LogP contribution is -2.39. The van der Waals surface area contributed by atoms with Crippen LogP contribution in [0.5, 0.6) is 0 Å². The lowest BCUT2D eigenvalue weighted by Gasteiger charge is -2.37. The van der Waals surface area contributed by atoms with Gasteiger partial charge < -0.3 is 29.5 Å². The molecule has 1 aromatic carbocycles. The van der Waals surface area contributed by atoms with E-state index in [0.29, 0.717) is 50.9 Å². The minimum atomic E-state index is -0.648. The predicted octanol–water partition coefficient (Wildman–Crippen LogP) is 2.35. The number of nitrogens with zero attached hydrogens (tertiary/aromatic N) is 1. The molecular formula is C26H36N2O7. The molecule has 2 heterocycles. The van der Waals surface area contributed by atoms with Crippen molar-refractivity contribution in [3.05, 3.63) is 47.2 Å². The van der Waals surface area contributed by atoms with Crippen LogP contribution in [0.1, 0.15) is 60.9 Å². The van der Waals surface area contributed by atoms with Crippen molar-refractivity contribution in [3.8, 4) is 0 Å². The van der Waals surface area contributed by atoms with Gasteiger partial charge >= 0.3 is 5.97 Å². The van der Waals surface area contributed by atoms with Gasteiger partial charge in [0, 0.05) is 51.1 Å². The van der Waals surface area contributed by atoms with E-state index in [9.17, 15) is 19.5 Å². The second kappa shape index (κ2) is 13.3. The molecule has 3 rings (SSSR count). The number of nitrogens with one attached hydrogen (secondary N) is 1. The number of hydrogen-bond donors (Lipinski definition) is 2. The first-order valence-electron chi connectivity index (χ1n) is 12.3. The fraction of sp³-hybridized carbons (Fsp3) is 0.577. The smallest absolute Gasteiger partial charge is 0.337 e. The molecule has 3 atom stereocenters. The Bertz CT molecular complexity index is 899. The minimum Gasteiger partial charge on any atom is -0.465 e. The molecule has 0 aromatic heterocycles. The van der Waals surface area contributed by atoms with Crippen molar-refractivity contribution in [2.75, 3.05) is 40.0 Å². The van der Waals surface area contributed by atoms with Crippen LogP contribution < -0.4 is 5.32 Å². The van der Waals surface area contributed by atoms with E-state index < -0.39 is 12.3 Å². The van der Waals surface area contributed by atoms with Crippen LogP contribution >= 0.6 is 0 Å². The topological polar surface area (TPSA) is 114 Å². The number of amides is 2. The van der Waals surface area contributed by atoms with Gasteiger partial charge in [0.15, 0.2) is 5.76 Å². The number of likely N-dealkylation sites (tertiary alicyclic amines) is 1. The molecule has 0 saturated carbocycles. The number of allylic oxidation sites excluding steroid dienone is 1. The van der Waals surface area contributed by atoms with Crippen LogP contribution in [0, 0.1) is 5.92 Å². The number of hydrogen-bond acceptors (Lipinski definition) is 7. The Balaban J connectivity index is 1.75. The van der Waals surface area contributed by atoms with E-state index in [0.717, 1.165) is 18.5 Å². The van der Waals surface area contributed by atoms with E-state index in [1.165, 1.54) is 7.11 Å². The van der Waals surface area contributed by atoms with Crippen LogP contribution in [0.3, 0.4) is 0 Å². The Morgan fingerprint density at radius 2 is 2.00 bits per heavy atom. The molecule has 1 aromatic rings. The third kappa shape index (κ3) is 7.05. The first-order valence-corrected chi connectivity index (χ1v) is 12.3. The minimum absolute atomic E-state index is 0.0416. The molecule has 1 fully saturated rings. The van der Waals surface area contributed by atoms with Gasteiger partial charge in [0.25, 0.3) is 5.91 Å². The number of ether oxygens (including phenoxy) is 3. The molecule has 0 bridgehead atoms. The molecule has 2 amide bonds. The molecule has 2 aliphatic rings. The lowest BCUT2D eigenvalue weighted by molar-refractivity contribution is -0.166. The average Bonchev–Trinajstić information content (AvgIpc) is 3.29. The monoisotopic (exact) mass is 488 g/mol. The predicted molar refractivity (Wildman–Crippen MR) is 128 cm³/mol. The summed E-state index contributed by atoms with van der Waals surface area (Å²) in [4.78, 5) is 38.4. The van der Waals surface area contributed by atoms with Gasteiger partial charge in [-0.1, -0.05) is 12.1 Å². The van der Waals surface area contributed by atoms with Crippen molar-refractivity contribution in [1.82, 2.24) is 10.2 Å². The molecule has 1 saturated heterocycles. The van der Waals surface area contributed by atoms with E-state index in [-0.39, 0.29) is 36.0 Å². The van der Waals surface area contributed by atoms with Crippen LogP contribution in [0.15, 0.2) is 36.1 Å². The zero-order chi connectivity index (χ0) is 25.2. The molecule has 0 spiro atoms. The fourth-order valence-electron chi connectivity index (χ4n) is 4.60. The molecule has 0 unspecified atom stereocenters. The molecule has 9 heteroatoms. The van der Waals surface area contributed by atoms with E-state index in [4.69, 9.17) is 14.2 Å². The summed E-state index contributed by atoms with van der Waals surface area (Å²) < 4.78 is 16.6. The Kier molecular flexibility index (Phi) is 10.1. The van der Waals surface area contributed by atoms with Crippen LogP contribution in [0.2, 0.25) is 0 Å². The van der Waals surface area contributed by atoms with Gasteiger partial charge in [0.2, 0.25) is 12.2 Å². The zero-order valence-electron chi connectivity index (χ0n) is 20.5. The number of methoxy groups -OCH3 is 1. The van der Waals surface area contributed by atoms with Crippen molar-refractivity contribution in [2.24, 2.45) is 5.92 Å². The summed E-state index contributed by atoms with van der Waals surface area (Å²) >= 11 is 0. The number of esters is 1. The number of aliphatic hydroxyl groups excluding tert-OH is 1. The maximum atomic E-state index is 12.9. The number of carbonyl (C=O) groups is 3. The van der Waals surface area contributed by atoms with Crippen molar-refractivity contribution >= 4 is 17.8 Å². The summed E-state index contributed by atoms with van der Waals surface area (Å²) in [5.74, 6) is -0.726. The first-order chi connectivity index (χ1) is 17.0. The van der Waals surface area contributed by atoms with Crippen LogP contribution in [-0.2, 0) is 23.8 Å². The van der Waals surface area contributed by atoms with Crippen molar-refractivity contribution in [3.63, 3.8) is 0 Å². The lowest BCUT2D eigenvalue weighted by atomic mass is 9.80. The van der Waals surface area contributed by atoms with Crippen LogP contribution in [-0.4, -0.2) is 74.0 Å². The van der Waals surface area contributed by atoms with Gasteiger partial charge in [0.1, 0.15) is 0 Å². The van der Waals surface area contributed by atoms with E-state index in [1.807, 2.05) is 24.0 Å². The highest BCUT2D eigenvalue weighted by atomic mass is 16.7. The Morgan fingerprint density at radius 1 is 1.23 bits per heavy atom. The summed E-state index contributed by atoms with van der Waals surface area (Å²) in [5, 5.41) is 12.3. The Hall–Kier alpha value is -2.91. The molecule has 9 nitrogen and oxygen atoms in total. The SMILES string of the molecule is CCO[C@@H]1OC(C(=O)NCCCN2CCCC2=O)=C[C@H](c2ccc(C(=O)OC)cc2)[C@H]1CCCO. The molecule has 0 aliphatic carbocycles. The standard InChI is InChI=1S/C26H36N2O7/c1-3-34-26-20(7-5-16-29)21(18-9-11-19(12-10-18)25(32)33-2)17-22(35-26)24(31)27-13-6-15-28-14-4-8-23(28)30/h9-12,17,20-21,26,29H,3-8,13-16H2,1-2H3,(H,27,31)/t20-,21-,26-/m1/s1. The van der Waals surface area contributed by atoms with Crippen LogP contribution in [0.4, 0.5) is 0 Å². The highest BCUT2D eigenvalue weighted by Gasteiger charge is 2.37. The molecule has 0 radical (unpaired) electrons. The van der Waals surface area contributed by atoms with E-state index in [2.05, 4.69) is 5.32 Å². The largest absolute Gasteiger partial charge is 0.465 e. The second-order valence-electron chi connectivity index (χ2n) is 8.74. The van der Waals surface area contributed by atoms with Gasteiger partial charge in [-0.2, -0.15) is 0 Å². The summed E-state index contributed by atoms with van der Waals surface area (Å²) in [5.41, 5.74) is 1.35. The normalized spacial score (nSPS) is 21.9. The van der Waals surface area contributed by atoms with Gasteiger partial charge in [-0.15, -0.1) is 0 Å². The fourth-order valence-corrected chi connectivity index (χ4v) is 4.60. The first kappa shape index (κ1) is 26.7. The number of rotatable bonds is 12. The molecule has 2 N–H and O–H groups in total. The van der Waals surface area contributed by atoms with Gasteiger partial charge in [-0.3, -0.25) is 9.59 Å². The average molecular weight is 489 g/mol. The van der Waals surface area contributed by atoms with Gasteiger partial charge in [-0.05, 0) is 56.4 Å². The number of carbonyl (C=O) groups excluding carboxylic acids is 3. The summed E-state index contributed by atoms with van der Waals surface area (Å²) in [6, 6.07) is 7.08. The third-order valence-corrected chi connectivity index (χ3v) is 6.41. The summed E-state index contributed by atoms with van der Waals surface area (Å²) in [6.07, 6.45) is 4.51. The van der Waals surface area contributed by atoms with Crippen LogP contribution in [0.25, 0.3) is 0 Å². The maximum absolute atomic E-state index is 12.9. The Labute approximate surface area is 206 Å². The summed E-state index contributed by atoms with van der Waals surface area (Å²) in [7, 11) is 1.34. The Morgan fingerprint density at radius 3 is 2.63 bits per heavy atom. The maximum Gasteiger partial charge on any atom is 0.337 e. The van der Waals surface area contributed by atoms with Crippen molar-refractivity contribution in [2.45, 2.75) is 51.2 Å². The molecule has 2 aliphatic heterocycles. The quantitative estimate of drug-likeness (QED) is 0.343. The third-order valence-electron chi connectivity index (χ3n) is 6.41. The van der Waals surface area contributed by atoms with Gasteiger partial charge in [0.05, 0.1) is 12.7 Å². The highest BCUT2D eigenvalue weighted by molar-refractivity contribution is 5.92. The number of aliphatic hydroxyl groups is 1. The summed E-state index contributed by atoms with van der Waals surface area (Å²) in [6.45, 7) is 4.15. The highest BCUT2D eigenvalue weighted by Crippen LogP contribution is 2.39. The number of benzene rings is 1.